The van der Waals surface area contributed by atoms with E-state index in [-0.39, 0.29) is 0 Å². The first kappa shape index (κ1) is 13.5. The van der Waals surface area contributed by atoms with Crippen molar-refractivity contribution in [3.8, 4) is 0 Å². The zero-order valence-electron chi connectivity index (χ0n) is 10.9. The van der Waals surface area contributed by atoms with Gasteiger partial charge < -0.3 is 0 Å². The maximum Gasteiger partial charge on any atom is -0.0281 e. The van der Waals surface area contributed by atoms with E-state index in [1.165, 1.54) is 24.0 Å². The van der Waals surface area contributed by atoms with Crippen molar-refractivity contribution in [1.82, 2.24) is 0 Å². The Labute approximate surface area is 105 Å². The zero-order chi connectivity index (χ0) is 12.3. The minimum Gasteiger partial charge on any atom is -0.0651 e. The van der Waals surface area contributed by atoms with Crippen molar-refractivity contribution in [2.24, 2.45) is 0 Å². The molecule has 0 aliphatic heterocycles. The van der Waals surface area contributed by atoms with Crippen molar-refractivity contribution < 1.29 is 0 Å². The first-order valence-electron chi connectivity index (χ1n) is 6.44. The average Bonchev–Trinajstić information content (AvgIpc) is 2.42. The van der Waals surface area contributed by atoms with Gasteiger partial charge in [0.2, 0.25) is 0 Å². The Hall–Kier alpha value is -1.56. The van der Waals surface area contributed by atoms with Crippen LogP contribution in [-0.2, 0) is 12.8 Å². The fourth-order valence-electron chi connectivity index (χ4n) is 1.65. The van der Waals surface area contributed by atoms with E-state index in [4.69, 9.17) is 0 Å². The lowest BCUT2D eigenvalue weighted by atomic mass is 10.1. The molecule has 0 N–H and O–H groups in total. The maximum atomic E-state index is 2.20. The summed E-state index contributed by atoms with van der Waals surface area (Å²) < 4.78 is 0. The highest BCUT2D eigenvalue weighted by Crippen LogP contribution is 2.00. The Morgan fingerprint density at radius 1 is 0.647 bits per heavy atom. The van der Waals surface area contributed by atoms with Crippen molar-refractivity contribution in [3.05, 3.63) is 71.8 Å². The van der Waals surface area contributed by atoms with Crippen LogP contribution in [0.25, 0.3) is 0 Å². The van der Waals surface area contributed by atoms with Crippen LogP contribution in [0, 0.1) is 0 Å². The summed E-state index contributed by atoms with van der Waals surface area (Å²) in [5, 5.41) is 0. The topological polar surface area (TPSA) is 0 Å². The zero-order valence-corrected chi connectivity index (χ0v) is 10.9. The third-order valence-electron chi connectivity index (χ3n) is 2.63. The number of rotatable bonds is 3. The van der Waals surface area contributed by atoms with Crippen LogP contribution in [0.1, 0.15) is 31.4 Å². The number of hydrogen-bond acceptors (Lipinski definition) is 0. The summed E-state index contributed by atoms with van der Waals surface area (Å²) in [5.41, 5.74) is 2.85. The largest absolute Gasteiger partial charge is 0.0651 e. The molecule has 0 bridgehead atoms. The Balaban J connectivity index is 0.000000171. The molecule has 0 aliphatic carbocycles. The van der Waals surface area contributed by atoms with Crippen LogP contribution in [0.4, 0.5) is 0 Å². The molecule has 0 atom stereocenters. The second-order valence-electron chi connectivity index (χ2n) is 4.07. The highest BCUT2D eigenvalue weighted by molar-refractivity contribution is 5.14. The van der Waals surface area contributed by atoms with E-state index in [1.807, 2.05) is 6.07 Å². The molecule has 0 saturated carbocycles. The van der Waals surface area contributed by atoms with Gasteiger partial charge in [0.1, 0.15) is 0 Å². The van der Waals surface area contributed by atoms with E-state index in [9.17, 15) is 0 Å². The van der Waals surface area contributed by atoms with Gasteiger partial charge in [0.15, 0.2) is 0 Å². The number of hydrogen-bond donors (Lipinski definition) is 0. The molecule has 0 amide bonds. The monoisotopic (exact) mass is 226 g/mol. The summed E-state index contributed by atoms with van der Waals surface area (Å²) in [5.74, 6) is 0. The first-order chi connectivity index (χ1) is 8.36. The van der Waals surface area contributed by atoms with Gasteiger partial charge in [-0.1, -0.05) is 80.9 Å². The Morgan fingerprint density at radius 2 is 1.12 bits per heavy atom. The Bertz CT molecular complexity index is 375. The summed E-state index contributed by atoms with van der Waals surface area (Å²) in [7, 11) is 0. The van der Waals surface area contributed by atoms with Crippen molar-refractivity contribution >= 4 is 0 Å². The summed E-state index contributed by atoms with van der Waals surface area (Å²) >= 11 is 0. The average molecular weight is 226 g/mol. The quantitative estimate of drug-likeness (QED) is 0.699. The molecule has 17 heavy (non-hydrogen) atoms. The molecule has 90 valence electrons. The molecular weight excluding hydrogens is 204 g/mol. The lowest BCUT2D eigenvalue weighted by Crippen LogP contribution is -1.78. The van der Waals surface area contributed by atoms with E-state index in [1.54, 1.807) is 0 Å². The van der Waals surface area contributed by atoms with Crippen molar-refractivity contribution in [2.45, 2.75) is 33.1 Å². The van der Waals surface area contributed by atoms with Gasteiger partial charge in [-0.15, -0.1) is 0 Å². The fourth-order valence-corrected chi connectivity index (χ4v) is 1.65. The van der Waals surface area contributed by atoms with Gasteiger partial charge in [0.25, 0.3) is 0 Å². The summed E-state index contributed by atoms with van der Waals surface area (Å²) in [6, 6.07) is 21.0. The Morgan fingerprint density at radius 3 is 1.47 bits per heavy atom. The molecule has 0 radical (unpaired) electrons. The summed E-state index contributed by atoms with van der Waals surface area (Å²) in [4.78, 5) is 0. The molecule has 0 saturated heterocycles. The lowest BCUT2D eigenvalue weighted by molar-refractivity contribution is 0.922. The van der Waals surface area contributed by atoms with Crippen LogP contribution < -0.4 is 0 Å². The van der Waals surface area contributed by atoms with E-state index < -0.39 is 0 Å². The third kappa shape index (κ3) is 5.91. The Kier molecular flexibility index (Phi) is 6.81. The summed E-state index contributed by atoms with van der Waals surface area (Å²) in [6.07, 6.45) is 3.59. The van der Waals surface area contributed by atoms with E-state index >= 15 is 0 Å². The van der Waals surface area contributed by atoms with Gasteiger partial charge >= 0.3 is 0 Å². The van der Waals surface area contributed by atoms with Gasteiger partial charge in [0.05, 0.1) is 0 Å². The number of benzene rings is 2. The molecule has 0 unspecified atom stereocenters. The van der Waals surface area contributed by atoms with Crippen molar-refractivity contribution in [1.29, 1.82) is 0 Å². The molecule has 2 aromatic carbocycles. The van der Waals surface area contributed by atoms with Crippen LogP contribution in [0.2, 0.25) is 0 Å². The SMILES string of the molecule is CCCc1ccccc1.CCc1ccccc1. The predicted molar refractivity (Wildman–Crippen MR) is 76.3 cm³/mol. The van der Waals surface area contributed by atoms with Gasteiger partial charge in [-0.3, -0.25) is 0 Å². The van der Waals surface area contributed by atoms with Crippen LogP contribution in [0.15, 0.2) is 60.7 Å². The third-order valence-corrected chi connectivity index (χ3v) is 2.63. The van der Waals surface area contributed by atoms with Crippen molar-refractivity contribution in [3.63, 3.8) is 0 Å². The molecule has 0 aliphatic rings. The smallest absolute Gasteiger partial charge is 0.0281 e. The molecule has 0 heterocycles. The molecule has 0 fully saturated rings. The van der Waals surface area contributed by atoms with Gasteiger partial charge in [-0.2, -0.15) is 0 Å². The van der Waals surface area contributed by atoms with E-state index in [2.05, 4.69) is 68.4 Å². The molecule has 0 spiro atoms. The van der Waals surface area contributed by atoms with Crippen LogP contribution in [0.3, 0.4) is 0 Å². The lowest BCUT2D eigenvalue weighted by Gasteiger charge is -1.93. The maximum absolute atomic E-state index is 2.20. The van der Waals surface area contributed by atoms with Crippen LogP contribution in [-0.4, -0.2) is 0 Å². The van der Waals surface area contributed by atoms with Crippen molar-refractivity contribution in [2.75, 3.05) is 0 Å². The van der Waals surface area contributed by atoms with E-state index in [0.29, 0.717) is 0 Å². The number of aryl methyl sites for hydroxylation is 2. The fraction of sp³-hybridized carbons (Fsp3) is 0.294. The van der Waals surface area contributed by atoms with Crippen LogP contribution in [0.5, 0.6) is 0 Å². The molecule has 2 rings (SSSR count). The second kappa shape index (κ2) is 8.58. The first-order valence-corrected chi connectivity index (χ1v) is 6.44. The highest BCUT2D eigenvalue weighted by Gasteiger charge is 1.84. The molecule has 0 heteroatoms. The molecule has 2 aromatic rings. The molecular formula is C17H22. The standard InChI is InChI=1S/C9H12.C8H10/c1-2-6-9-7-4-3-5-8-9;1-2-8-6-4-3-5-7-8/h3-5,7-8H,2,6H2,1H3;3-7H,2H2,1H3. The van der Waals surface area contributed by atoms with Crippen LogP contribution >= 0.6 is 0 Å². The molecule has 0 aromatic heterocycles. The predicted octanol–water partition coefficient (Wildman–Crippen LogP) is 4.89. The summed E-state index contributed by atoms with van der Waals surface area (Å²) in [6.45, 7) is 4.36. The molecule has 0 nitrogen and oxygen atoms in total. The highest BCUT2D eigenvalue weighted by atomic mass is 13.9. The second-order valence-corrected chi connectivity index (χ2v) is 4.07. The minimum absolute atomic E-state index is 1.14. The van der Waals surface area contributed by atoms with Gasteiger partial charge in [-0.05, 0) is 24.0 Å². The minimum atomic E-state index is 1.14. The van der Waals surface area contributed by atoms with Gasteiger partial charge in [0, 0.05) is 0 Å². The van der Waals surface area contributed by atoms with Gasteiger partial charge in [-0.25, -0.2) is 0 Å². The normalized spacial score (nSPS) is 9.29. The van der Waals surface area contributed by atoms with E-state index in [0.717, 1.165) is 6.42 Å².